The van der Waals surface area contributed by atoms with Gasteiger partial charge < -0.3 is 11.1 Å². The quantitative estimate of drug-likeness (QED) is 0.859. The number of hydrogen-bond donors (Lipinski definition) is 2. The van der Waals surface area contributed by atoms with Gasteiger partial charge in [0.05, 0.1) is 0 Å². The van der Waals surface area contributed by atoms with E-state index in [-0.39, 0.29) is 17.4 Å². The SMILES string of the molecule is CC(NC(=O)c1cccc(CCN)c1)C(C)(C)C. The number of nitrogens with one attached hydrogen (secondary N) is 1. The van der Waals surface area contributed by atoms with Crippen LogP contribution < -0.4 is 11.1 Å². The van der Waals surface area contributed by atoms with Crippen LogP contribution in [0.5, 0.6) is 0 Å². The normalized spacial score (nSPS) is 13.2. The van der Waals surface area contributed by atoms with Crippen LogP contribution in [0, 0.1) is 5.41 Å². The zero-order valence-corrected chi connectivity index (χ0v) is 11.8. The third-order valence-corrected chi connectivity index (χ3v) is 3.27. The molecule has 1 aromatic rings. The number of carbonyl (C=O) groups is 1. The number of nitrogens with two attached hydrogens (primary N) is 1. The molecule has 0 aromatic heterocycles. The molecule has 3 heteroatoms. The predicted molar refractivity (Wildman–Crippen MR) is 75.6 cm³/mol. The van der Waals surface area contributed by atoms with Crippen LogP contribution in [0.3, 0.4) is 0 Å². The average Bonchev–Trinajstić information content (AvgIpc) is 2.28. The van der Waals surface area contributed by atoms with E-state index in [9.17, 15) is 4.79 Å². The van der Waals surface area contributed by atoms with Gasteiger partial charge in [0, 0.05) is 11.6 Å². The first-order valence-electron chi connectivity index (χ1n) is 6.44. The molecule has 3 N–H and O–H groups in total. The number of carbonyl (C=O) groups excluding carboxylic acids is 1. The maximum atomic E-state index is 12.1. The van der Waals surface area contributed by atoms with Gasteiger partial charge in [0.1, 0.15) is 0 Å². The van der Waals surface area contributed by atoms with Crippen LogP contribution >= 0.6 is 0 Å². The molecule has 0 aliphatic rings. The number of hydrogen-bond acceptors (Lipinski definition) is 2. The van der Waals surface area contributed by atoms with Crippen molar-refractivity contribution >= 4 is 5.91 Å². The maximum Gasteiger partial charge on any atom is 0.251 e. The molecule has 100 valence electrons. The van der Waals surface area contributed by atoms with E-state index in [1.807, 2.05) is 31.2 Å². The van der Waals surface area contributed by atoms with E-state index < -0.39 is 0 Å². The van der Waals surface area contributed by atoms with Crippen LogP contribution in [0.2, 0.25) is 0 Å². The molecule has 1 unspecified atom stereocenters. The Kier molecular flexibility index (Phi) is 4.91. The number of rotatable bonds is 4. The summed E-state index contributed by atoms with van der Waals surface area (Å²) in [5.74, 6) is -0.0173. The second kappa shape index (κ2) is 6.01. The van der Waals surface area contributed by atoms with Gasteiger partial charge in [0.2, 0.25) is 0 Å². The Morgan fingerprint density at radius 2 is 2.06 bits per heavy atom. The topological polar surface area (TPSA) is 55.1 Å². The van der Waals surface area contributed by atoms with Crippen LogP contribution in [0.1, 0.15) is 43.6 Å². The Balaban J connectivity index is 2.75. The van der Waals surface area contributed by atoms with Gasteiger partial charge in [-0.3, -0.25) is 4.79 Å². The molecule has 1 atom stereocenters. The van der Waals surface area contributed by atoms with E-state index >= 15 is 0 Å². The maximum absolute atomic E-state index is 12.1. The standard InChI is InChI=1S/C15H24N2O/c1-11(15(2,3)4)17-14(18)13-7-5-6-12(10-13)8-9-16/h5-7,10-11H,8-9,16H2,1-4H3,(H,17,18). The largest absolute Gasteiger partial charge is 0.349 e. The monoisotopic (exact) mass is 248 g/mol. The van der Waals surface area contributed by atoms with E-state index in [1.165, 1.54) is 0 Å². The zero-order valence-electron chi connectivity index (χ0n) is 11.8. The molecule has 0 radical (unpaired) electrons. The highest BCUT2D eigenvalue weighted by Gasteiger charge is 2.22. The van der Waals surface area contributed by atoms with Crippen molar-refractivity contribution in [1.29, 1.82) is 0 Å². The Bertz CT molecular complexity index is 407. The van der Waals surface area contributed by atoms with Crippen molar-refractivity contribution in [3.8, 4) is 0 Å². The first-order chi connectivity index (χ1) is 8.34. The van der Waals surface area contributed by atoms with Crippen molar-refractivity contribution in [2.75, 3.05) is 6.54 Å². The van der Waals surface area contributed by atoms with Crippen molar-refractivity contribution in [1.82, 2.24) is 5.32 Å². The highest BCUT2D eigenvalue weighted by molar-refractivity contribution is 5.94. The molecule has 0 aliphatic carbocycles. The fraction of sp³-hybridized carbons (Fsp3) is 0.533. The lowest BCUT2D eigenvalue weighted by Crippen LogP contribution is -2.41. The number of amides is 1. The lowest BCUT2D eigenvalue weighted by Gasteiger charge is -2.28. The summed E-state index contributed by atoms with van der Waals surface area (Å²) in [5.41, 5.74) is 7.39. The van der Waals surface area contributed by atoms with E-state index in [4.69, 9.17) is 5.73 Å². The van der Waals surface area contributed by atoms with Gasteiger partial charge in [-0.25, -0.2) is 0 Å². The van der Waals surface area contributed by atoms with Gasteiger partial charge in [-0.05, 0) is 43.0 Å². The van der Waals surface area contributed by atoms with E-state index in [0.717, 1.165) is 12.0 Å². The predicted octanol–water partition coefficient (Wildman–Crippen LogP) is 2.35. The van der Waals surface area contributed by atoms with E-state index in [2.05, 4.69) is 26.1 Å². The molecule has 1 amide bonds. The van der Waals surface area contributed by atoms with Gasteiger partial charge >= 0.3 is 0 Å². The molecule has 1 rings (SSSR count). The molecule has 0 heterocycles. The lowest BCUT2D eigenvalue weighted by atomic mass is 9.88. The molecule has 0 saturated carbocycles. The van der Waals surface area contributed by atoms with Gasteiger partial charge in [0.15, 0.2) is 0 Å². The second-order valence-corrected chi connectivity index (χ2v) is 5.80. The van der Waals surface area contributed by atoms with E-state index in [1.54, 1.807) is 0 Å². The fourth-order valence-corrected chi connectivity index (χ4v) is 1.53. The summed E-state index contributed by atoms with van der Waals surface area (Å²) in [7, 11) is 0. The van der Waals surface area contributed by atoms with Crippen molar-refractivity contribution in [2.24, 2.45) is 11.1 Å². The van der Waals surface area contributed by atoms with Gasteiger partial charge in [-0.15, -0.1) is 0 Å². The Morgan fingerprint density at radius 3 is 2.61 bits per heavy atom. The molecule has 0 bridgehead atoms. The van der Waals surface area contributed by atoms with Crippen LogP contribution in [0.4, 0.5) is 0 Å². The Morgan fingerprint density at radius 1 is 1.39 bits per heavy atom. The minimum Gasteiger partial charge on any atom is -0.349 e. The average molecular weight is 248 g/mol. The van der Waals surface area contributed by atoms with Crippen LogP contribution in [0.25, 0.3) is 0 Å². The number of benzene rings is 1. The zero-order chi connectivity index (χ0) is 13.8. The van der Waals surface area contributed by atoms with Crippen molar-refractivity contribution < 1.29 is 4.79 Å². The van der Waals surface area contributed by atoms with Crippen molar-refractivity contribution in [2.45, 2.75) is 40.2 Å². The molecular weight excluding hydrogens is 224 g/mol. The van der Waals surface area contributed by atoms with Gasteiger partial charge in [-0.1, -0.05) is 32.9 Å². The van der Waals surface area contributed by atoms with Crippen LogP contribution in [-0.2, 0) is 6.42 Å². The smallest absolute Gasteiger partial charge is 0.251 e. The van der Waals surface area contributed by atoms with Gasteiger partial charge in [-0.2, -0.15) is 0 Å². The minimum absolute atomic E-state index is 0.0173. The minimum atomic E-state index is -0.0173. The molecule has 0 aliphatic heterocycles. The summed E-state index contributed by atoms with van der Waals surface area (Å²) in [6.45, 7) is 8.97. The molecule has 0 spiro atoms. The van der Waals surface area contributed by atoms with E-state index in [0.29, 0.717) is 12.1 Å². The summed E-state index contributed by atoms with van der Waals surface area (Å²) in [5, 5.41) is 3.04. The summed E-state index contributed by atoms with van der Waals surface area (Å²) in [6.07, 6.45) is 0.802. The summed E-state index contributed by atoms with van der Waals surface area (Å²) >= 11 is 0. The summed E-state index contributed by atoms with van der Waals surface area (Å²) < 4.78 is 0. The first kappa shape index (κ1) is 14.7. The molecular formula is C15H24N2O. The molecule has 0 fully saturated rings. The highest BCUT2D eigenvalue weighted by atomic mass is 16.1. The van der Waals surface area contributed by atoms with Crippen molar-refractivity contribution in [3.63, 3.8) is 0 Å². The van der Waals surface area contributed by atoms with Gasteiger partial charge in [0.25, 0.3) is 5.91 Å². The van der Waals surface area contributed by atoms with Crippen molar-refractivity contribution in [3.05, 3.63) is 35.4 Å². The Labute approximate surface area is 110 Å². The molecule has 1 aromatic carbocycles. The van der Waals surface area contributed by atoms with Crippen LogP contribution in [0.15, 0.2) is 24.3 Å². The third-order valence-electron chi connectivity index (χ3n) is 3.27. The summed E-state index contributed by atoms with van der Waals surface area (Å²) in [4.78, 5) is 12.1. The lowest BCUT2D eigenvalue weighted by molar-refractivity contribution is 0.0910. The molecule has 18 heavy (non-hydrogen) atoms. The second-order valence-electron chi connectivity index (χ2n) is 5.80. The third kappa shape index (κ3) is 4.15. The summed E-state index contributed by atoms with van der Waals surface area (Å²) in [6, 6.07) is 7.78. The van der Waals surface area contributed by atoms with Crippen LogP contribution in [-0.4, -0.2) is 18.5 Å². The fourth-order valence-electron chi connectivity index (χ4n) is 1.53. The first-order valence-corrected chi connectivity index (χ1v) is 6.44. The molecule has 3 nitrogen and oxygen atoms in total. The Hall–Kier alpha value is -1.35. The molecule has 0 saturated heterocycles. The highest BCUT2D eigenvalue weighted by Crippen LogP contribution is 2.19.